The van der Waals surface area contributed by atoms with Gasteiger partial charge in [-0.15, -0.1) is 6.42 Å². The molecule has 0 heterocycles. The van der Waals surface area contributed by atoms with E-state index in [1.165, 1.54) is 6.42 Å². The van der Waals surface area contributed by atoms with Crippen LogP contribution < -0.4 is 9.47 Å². The lowest BCUT2D eigenvalue weighted by Crippen LogP contribution is -2.63. The number of unbranched alkanes of at least 4 members (excludes halogenated alkanes) is 1. The molecule has 29 heteroatoms. The van der Waals surface area contributed by atoms with Gasteiger partial charge in [-0.1, -0.05) is 50.0 Å². The Kier molecular flexibility index (Phi) is 27.8. The second-order valence-corrected chi connectivity index (χ2v) is 75.6. The van der Waals surface area contributed by atoms with Crippen LogP contribution in [0.5, 0.6) is 11.5 Å². The summed E-state index contributed by atoms with van der Waals surface area (Å²) in [5, 5.41) is 11.3. The van der Waals surface area contributed by atoms with Crippen molar-refractivity contribution in [1.29, 1.82) is 0 Å². The average molecular weight is 1340 g/mol. The molecule has 0 spiro atoms. The van der Waals surface area contributed by atoms with Gasteiger partial charge in [0.2, 0.25) is 0 Å². The number of rotatable bonds is 38. The summed E-state index contributed by atoms with van der Waals surface area (Å²) in [6, 6.07) is 16.3. The summed E-state index contributed by atoms with van der Waals surface area (Å²) in [4.78, 5) is 0. The highest BCUT2D eigenvalue weighted by molar-refractivity contribution is 6.94. The summed E-state index contributed by atoms with van der Waals surface area (Å²) in [5.74, 6) is 3.88. The number of methoxy groups -OCH3 is 1. The zero-order chi connectivity index (χ0) is 61.9. The second-order valence-electron chi connectivity index (χ2n) is 26.9. The van der Waals surface area contributed by atoms with Gasteiger partial charge in [0.05, 0.1) is 13.7 Å². The van der Waals surface area contributed by atoms with Crippen molar-refractivity contribution in [3.05, 3.63) is 59.7 Å². The van der Waals surface area contributed by atoms with Crippen LogP contribution in [0.3, 0.4) is 0 Å². The monoisotopic (exact) mass is 1340 g/mol. The van der Waals surface area contributed by atoms with Crippen molar-refractivity contribution in [2.24, 2.45) is 0 Å². The largest absolute Gasteiger partial charge is 0.497 e. The lowest BCUT2D eigenvalue weighted by atomic mass is 9.87. The third-order valence-electron chi connectivity index (χ3n) is 11.6. The summed E-state index contributed by atoms with van der Waals surface area (Å²) in [6.07, 6.45) is 9.01. The van der Waals surface area contributed by atoms with Gasteiger partial charge in [-0.05, 0) is 213 Å². The fraction of sp³-hybridized carbons (Fsp3) is 0.725. The Morgan fingerprint density at radius 2 is 0.637 bits per heavy atom. The molecule has 0 radical (unpaired) electrons. The number of benzene rings is 2. The SMILES string of the molecule is C#CC(O)(c1ccc(OC)cc1)c1ccc(OCCOCCC[Si](C)(C)O[Si](C)(C)O[Si](C)(C)O[Si](C)(C)O[Si](C)(C)O[Si](C)(C)O[Si](C)(C)O[Si](C)(C)O[Si](C)(C)O[Si](C)(C)O[Si](C)(C)O[Si](C)(C)O[Si](C)(C)CCCC)cc1. The van der Waals surface area contributed by atoms with Crippen LogP contribution in [0.15, 0.2) is 48.5 Å². The Hall–Kier alpha value is -0.141. The first-order valence-corrected chi connectivity index (χ1v) is 65.6. The van der Waals surface area contributed by atoms with Crippen LogP contribution in [-0.4, -0.2) is 143 Å². The molecule has 0 aliphatic heterocycles. The zero-order valence-electron chi connectivity index (χ0n) is 54.9. The molecule has 0 fully saturated rings. The summed E-state index contributed by atoms with van der Waals surface area (Å²) in [5.41, 5.74) is -0.429. The molecule has 2 aromatic carbocycles. The maximum atomic E-state index is 11.3. The van der Waals surface area contributed by atoms with E-state index < -0.39 is 116 Å². The predicted octanol–water partition coefficient (Wildman–Crippen LogP) is 14.5. The molecule has 0 bridgehead atoms. The highest BCUT2D eigenvalue weighted by Gasteiger charge is 2.52. The van der Waals surface area contributed by atoms with Gasteiger partial charge in [-0.25, -0.2) is 0 Å². The van der Waals surface area contributed by atoms with Gasteiger partial charge in [0.25, 0.3) is 0 Å². The number of aliphatic hydroxyl groups is 1. The fourth-order valence-electron chi connectivity index (χ4n) is 11.1. The molecule has 0 aliphatic carbocycles. The molecule has 80 heavy (non-hydrogen) atoms. The number of hydrogen-bond acceptors (Lipinski definition) is 16. The molecule has 0 saturated carbocycles. The van der Waals surface area contributed by atoms with Crippen molar-refractivity contribution in [3.8, 4) is 23.8 Å². The third kappa shape index (κ3) is 29.5. The molecule has 16 nitrogen and oxygen atoms in total. The Morgan fingerprint density at radius 1 is 0.375 bits per heavy atom. The van der Waals surface area contributed by atoms with E-state index in [-0.39, 0.29) is 0 Å². The first-order valence-electron chi connectivity index (χ1n) is 28.4. The van der Waals surface area contributed by atoms with Gasteiger partial charge in [-0.2, -0.15) is 0 Å². The Balaban J connectivity index is 1.90. The zero-order valence-corrected chi connectivity index (χ0v) is 67.9. The van der Waals surface area contributed by atoms with Crippen molar-refractivity contribution in [2.45, 2.75) is 214 Å². The first-order chi connectivity index (χ1) is 35.8. The normalized spacial score (nSPS) is 15.2. The standard InChI is InChI=1S/C51H110O16Si13/c1-30-32-45-68(4,5)56-70(8,9)58-72(12,13)60-74(16,17)62-76(20,21)64-78(24,25)66-80(28,29)67-79(26,27)65-77(22,23)63-75(18,19)61-73(14,15)59-71(10,11)57-69(6,7)46-33-42-54-43-44-55-50-40-36-48(37-41-50)51(52,31-2)47-34-38-49(53-3)39-35-47/h2,34-41,52H,30,32-33,42-46H2,1,3-29H3. The van der Waals surface area contributed by atoms with Crippen LogP contribution >= 0.6 is 0 Å². The molecule has 0 aliphatic rings. The Morgan fingerprint density at radius 3 is 0.900 bits per heavy atom. The van der Waals surface area contributed by atoms with Crippen molar-refractivity contribution >= 4 is 111 Å². The molecule has 0 aromatic heterocycles. The summed E-state index contributed by atoms with van der Waals surface area (Å²) < 4.78 is 99.7. The van der Waals surface area contributed by atoms with Gasteiger partial charge >= 0.3 is 94.2 Å². The molecule has 462 valence electrons. The predicted molar refractivity (Wildman–Crippen MR) is 357 cm³/mol. The molecule has 2 aromatic rings. The summed E-state index contributed by atoms with van der Waals surface area (Å²) >= 11 is 0. The minimum absolute atomic E-state index is 0.385. The van der Waals surface area contributed by atoms with Crippen molar-refractivity contribution in [1.82, 2.24) is 0 Å². The smallest absolute Gasteiger partial charge is 0.314 e. The molecule has 1 unspecified atom stereocenters. The number of terminal acetylenes is 1. The number of hydrogen-bond donors (Lipinski definition) is 1. The maximum absolute atomic E-state index is 11.3. The molecule has 0 amide bonds. The van der Waals surface area contributed by atoms with Crippen molar-refractivity contribution in [2.75, 3.05) is 26.9 Å². The van der Waals surface area contributed by atoms with Gasteiger partial charge in [0.1, 0.15) is 18.1 Å². The van der Waals surface area contributed by atoms with Gasteiger partial charge < -0.3 is 68.7 Å². The minimum Gasteiger partial charge on any atom is -0.497 e. The van der Waals surface area contributed by atoms with Crippen LogP contribution in [0.2, 0.25) is 182 Å². The Labute approximate surface area is 500 Å². The van der Waals surface area contributed by atoms with E-state index >= 15 is 0 Å². The first kappa shape index (κ1) is 76.0. The summed E-state index contributed by atoms with van der Waals surface area (Å²) in [7, 11) is -32.3. The molecular weight excluding hydrogens is 1230 g/mol. The number of ether oxygens (including phenoxy) is 3. The molecule has 0 saturated heterocycles. The van der Waals surface area contributed by atoms with Crippen LogP contribution in [0.1, 0.15) is 37.3 Å². The van der Waals surface area contributed by atoms with E-state index in [0.717, 1.165) is 24.9 Å². The quantitative estimate of drug-likeness (QED) is 0.0384. The van der Waals surface area contributed by atoms with E-state index in [9.17, 15) is 5.11 Å². The lowest BCUT2D eigenvalue weighted by molar-refractivity contribution is 0.1000. The van der Waals surface area contributed by atoms with E-state index in [4.69, 9.17) is 70.0 Å². The van der Waals surface area contributed by atoms with E-state index in [1.807, 2.05) is 0 Å². The fourth-order valence-corrected chi connectivity index (χ4v) is 78.0. The molecule has 2 rings (SSSR count). The van der Waals surface area contributed by atoms with Crippen LogP contribution in [0, 0.1) is 12.3 Å². The van der Waals surface area contributed by atoms with Crippen molar-refractivity contribution in [3.63, 3.8) is 0 Å². The van der Waals surface area contributed by atoms with E-state index in [1.54, 1.807) is 55.6 Å². The highest BCUT2D eigenvalue weighted by atomic mass is 28.5. The minimum atomic E-state index is -2.82. The van der Waals surface area contributed by atoms with Crippen LogP contribution in [-0.2, 0) is 59.7 Å². The van der Waals surface area contributed by atoms with Crippen LogP contribution in [0.25, 0.3) is 0 Å². The second kappa shape index (κ2) is 29.2. The van der Waals surface area contributed by atoms with E-state index in [0.29, 0.717) is 42.4 Å². The molecule has 1 N–H and O–H groups in total. The third-order valence-corrected chi connectivity index (χ3v) is 62.4. The average Bonchev–Trinajstić information content (AvgIpc) is 3.19. The topological polar surface area (TPSA) is 159 Å². The summed E-state index contributed by atoms with van der Waals surface area (Å²) in [6.45, 7) is 58.6. The van der Waals surface area contributed by atoms with E-state index in [2.05, 4.69) is 183 Å². The van der Waals surface area contributed by atoms with Crippen molar-refractivity contribution < 1.29 is 68.7 Å². The highest BCUT2D eigenvalue weighted by Crippen LogP contribution is 2.35. The Bertz CT molecular complexity index is 2260. The van der Waals surface area contributed by atoms with Gasteiger partial charge in [0, 0.05) is 17.7 Å². The lowest BCUT2D eigenvalue weighted by Gasteiger charge is -2.45. The maximum Gasteiger partial charge on any atom is 0.314 e. The van der Waals surface area contributed by atoms with Gasteiger partial charge in [0.15, 0.2) is 22.2 Å². The molecule has 1 atom stereocenters. The van der Waals surface area contributed by atoms with Gasteiger partial charge in [-0.3, -0.25) is 0 Å². The molecular formula is C51H110O16Si13. The van der Waals surface area contributed by atoms with Crippen LogP contribution in [0.4, 0.5) is 0 Å².